The van der Waals surface area contributed by atoms with Crippen molar-refractivity contribution in [1.82, 2.24) is 10.2 Å². The van der Waals surface area contributed by atoms with Gasteiger partial charge in [-0.2, -0.15) is 0 Å². The standard InChI is InChI=1S/C28H30BrClN2O2/c1-20(2)18-31-28(34)26(16-21-8-4-3-5-9-21)32(19-22-12-14-24(29)15-13-22)27(33)17-23-10-6-7-11-25(23)30/h3-15,20,26H,16-19H2,1-2H3,(H,31,34)/t26-/m1/s1. The molecule has 0 saturated heterocycles. The van der Waals surface area contributed by atoms with Crippen molar-refractivity contribution in [2.75, 3.05) is 6.54 Å². The van der Waals surface area contributed by atoms with Crippen molar-refractivity contribution in [2.45, 2.75) is 39.3 Å². The first kappa shape index (κ1) is 26.0. The van der Waals surface area contributed by atoms with Gasteiger partial charge < -0.3 is 10.2 Å². The highest BCUT2D eigenvalue weighted by Gasteiger charge is 2.30. The number of benzene rings is 3. The maximum Gasteiger partial charge on any atom is 0.243 e. The van der Waals surface area contributed by atoms with E-state index in [1.165, 1.54) is 0 Å². The number of rotatable bonds is 10. The molecular weight excluding hydrogens is 512 g/mol. The van der Waals surface area contributed by atoms with E-state index in [1.54, 1.807) is 11.0 Å². The number of hydrogen-bond donors (Lipinski definition) is 1. The summed E-state index contributed by atoms with van der Waals surface area (Å²) in [6.45, 7) is 4.97. The maximum atomic E-state index is 13.7. The highest BCUT2D eigenvalue weighted by Crippen LogP contribution is 2.21. The van der Waals surface area contributed by atoms with Crippen LogP contribution in [-0.4, -0.2) is 29.3 Å². The van der Waals surface area contributed by atoms with Crippen LogP contribution in [0.4, 0.5) is 0 Å². The normalized spacial score (nSPS) is 11.8. The molecule has 0 aliphatic heterocycles. The fraction of sp³-hybridized carbons (Fsp3) is 0.286. The molecule has 3 aromatic carbocycles. The topological polar surface area (TPSA) is 49.4 Å². The second kappa shape index (κ2) is 12.7. The second-order valence-electron chi connectivity index (χ2n) is 8.76. The largest absolute Gasteiger partial charge is 0.354 e. The summed E-state index contributed by atoms with van der Waals surface area (Å²) >= 11 is 9.82. The van der Waals surface area contributed by atoms with Crippen molar-refractivity contribution >= 4 is 39.3 Å². The highest BCUT2D eigenvalue weighted by molar-refractivity contribution is 9.10. The van der Waals surface area contributed by atoms with E-state index in [9.17, 15) is 9.59 Å². The molecule has 0 heterocycles. The van der Waals surface area contributed by atoms with E-state index in [0.29, 0.717) is 30.5 Å². The van der Waals surface area contributed by atoms with Crippen LogP contribution in [0.5, 0.6) is 0 Å². The van der Waals surface area contributed by atoms with Crippen LogP contribution in [0.1, 0.15) is 30.5 Å². The average Bonchev–Trinajstić information content (AvgIpc) is 2.83. The van der Waals surface area contributed by atoms with Crippen LogP contribution < -0.4 is 5.32 Å². The Labute approximate surface area is 215 Å². The average molecular weight is 542 g/mol. The zero-order chi connectivity index (χ0) is 24.5. The van der Waals surface area contributed by atoms with Crippen LogP contribution in [0.2, 0.25) is 5.02 Å². The molecule has 0 radical (unpaired) electrons. The molecule has 3 rings (SSSR count). The van der Waals surface area contributed by atoms with E-state index >= 15 is 0 Å². The molecule has 0 aliphatic rings. The molecule has 6 heteroatoms. The van der Waals surface area contributed by atoms with E-state index in [2.05, 4.69) is 35.1 Å². The van der Waals surface area contributed by atoms with Gasteiger partial charge in [-0.3, -0.25) is 9.59 Å². The van der Waals surface area contributed by atoms with Crippen molar-refractivity contribution in [3.63, 3.8) is 0 Å². The molecule has 1 N–H and O–H groups in total. The SMILES string of the molecule is CC(C)CNC(=O)[C@@H](Cc1ccccc1)N(Cc1ccc(Br)cc1)C(=O)Cc1ccccc1Cl. The lowest BCUT2D eigenvalue weighted by atomic mass is 10.0. The summed E-state index contributed by atoms with van der Waals surface area (Å²) in [6, 6.07) is 24.3. The van der Waals surface area contributed by atoms with Crippen molar-refractivity contribution < 1.29 is 9.59 Å². The minimum Gasteiger partial charge on any atom is -0.354 e. The van der Waals surface area contributed by atoms with Crippen LogP contribution >= 0.6 is 27.5 Å². The quantitative estimate of drug-likeness (QED) is 0.339. The Bertz CT molecular complexity index is 1090. The third-order valence-corrected chi connectivity index (χ3v) is 6.42. The van der Waals surface area contributed by atoms with Gasteiger partial charge >= 0.3 is 0 Å². The van der Waals surface area contributed by atoms with Gasteiger partial charge in [-0.25, -0.2) is 0 Å². The Kier molecular flexibility index (Phi) is 9.73. The smallest absolute Gasteiger partial charge is 0.243 e. The lowest BCUT2D eigenvalue weighted by Gasteiger charge is -2.32. The Hall–Kier alpha value is -2.63. The van der Waals surface area contributed by atoms with E-state index in [0.717, 1.165) is 21.2 Å². The molecule has 0 unspecified atom stereocenters. The molecule has 34 heavy (non-hydrogen) atoms. The number of carbonyl (C=O) groups is 2. The monoisotopic (exact) mass is 540 g/mol. The van der Waals surface area contributed by atoms with Crippen molar-refractivity contribution in [1.29, 1.82) is 0 Å². The fourth-order valence-corrected chi connectivity index (χ4v) is 4.14. The molecule has 2 amide bonds. The first-order valence-electron chi connectivity index (χ1n) is 11.4. The van der Waals surface area contributed by atoms with Crippen molar-refractivity contribution in [2.24, 2.45) is 5.92 Å². The van der Waals surface area contributed by atoms with Crippen LogP contribution in [0.25, 0.3) is 0 Å². The Morgan fingerprint density at radius 1 is 0.912 bits per heavy atom. The molecule has 0 aromatic heterocycles. The predicted octanol–water partition coefficient (Wildman–Crippen LogP) is 6.06. The molecule has 0 bridgehead atoms. The van der Waals surface area contributed by atoms with Gasteiger partial charge in [0.15, 0.2) is 0 Å². The highest BCUT2D eigenvalue weighted by atomic mass is 79.9. The minimum absolute atomic E-state index is 0.124. The molecular formula is C28H30BrClN2O2. The van der Waals surface area contributed by atoms with Crippen LogP contribution in [0, 0.1) is 5.92 Å². The number of amides is 2. The summed E-state index contributed by atoms with van der Waals surface area (Å²) in [4.78, 5) is 28.8. The molecule has 0 fully saturated rings. The number of carbonyl (C=O) groups excluding carboxylic acids is 2. The third-order valence-electron chi connectivity index (χ3n) is 5.52. The molecule has 0 aliphatic carbocycles. The van der Waals surface area contributed by atoms with Crippen LogP contribution in [-0.2, 0) is 29.0 Å². The molecule has 3 aromatic rings. The van der Waals surface area contributed by atoms with Crippen molar-refractivity contribution in [3.8, 4) is 0 Å². The van der Waals surface area contributed by atoms with Gasteiger partial charge in [0.1, 0.15) is 6.04 Å². The van der Waals surface area contributed by atoms with E-state index in [1.807, 2.05) is 72.8 Å². The van der Waals surface area contributed by atoms with Gasteiger partial charge in [0.05, 0.1) is 6.42 Å². The number of nitrogens with zero attached hydrogens (tertiary/aromatic N) is 1. The first-order chi connectivity index (χ1) is 16.3. The lowest BCUT2D eigenvalue weighted by molar-refractivity contribution is -0.140. The zero-order valence-corrected chi connectivity index (χ0v) is 21.9. The molecule has 1 atom stereocenters. The molecule has 4 nitrogen and oxygen atoms in total. The maximum absolute atomic E-state index is 13.7. The summed E-state index contributed by atoms with van der Waals surface area (Å²) in [5.41, 5.74) is 2.69. The first-order valence-corrected chi connectivity index (χ1v) is 12.6. The minimum atomic E-state index is -0.653. The van der Waals surface area contributed by atoms with Crippen LogP contribution in [0.15, 0.2) is 83.3 Å². The van der Waals surface area contributed by atoms with Crippen molar-refractivity contribution in [3.05, 3.63) is 105 Å². The summed E-state index contributed by atoms with van der Waals surface area (Å²) < 4.78 is 0.959. The predicted molar refractivity (Wildman–Crippen MR) is 142 cm³/mol. The van der Waals surface area contributed by atoms with Gasteiger partial charge in [0.25, 0.3) is 0 Å². The summed E-state index contributed by atoms with van der Waals surface area (Å²) in [6.07, 6.45) is 0.550. The van der Waals surface area contributed by atoms with Gasteiger partial charge in [0, 0.05) is 29.0 Å². The summed E-state index contributed by atoms with van der Waals surface area (Å²) in [5.74, 6) is 0.0129. The molecule has 0 saturated carbocycles. The van der Waals surface area contributed by atoms with Gasteiger partial charge in [-0.1, -0.05) is 102 Å². The number of halogens is 2. The zero-order valence-electron chi connectivity index (χ0n) is 19.5. The van der Waals surface area contributed by atoms with Gasteiger partial charge in [-0.15, -0.1) is 0 Å². The second-order valence-corrected chi connectivity index (χ2v) is 10.1. The van der Waals surface area contributed by atoms with Gasteiger partial charge in [0.2, 0.25) is 11.8 Å². The fourth-order valence-electron chi connectivity index (χ4n) is 3.67. The van der Waals surface area contributed by atoms with Crippen LogP contribution in [0.3, 0.4) is 0 Å². The summed E-state index contributed by atoms with van der Waals surface area (Å²) in [7, 11) is 0. The van der Waals surface area contributed by atoms with E-state index in [4.69, 9.17) is 11.6 Å². The van der Waals surface area contributed by atoms with E-state index in [-0.39, 0.29) is 18.2 Å². The third kappa shape index (κ3) is 7.71. The van der Waals surface area contributed by atoms with Gasteiger partial charge in [-0.05, 0) is 40.8 Å². The molecule has 0 spiro atoms. The lowest BCUT2D eigenvalue weighted by Crippen LogP contribution is -2.51. The number of hydrogen-bond acceptors (Lipinski definition) is 2. The Morgan fingerprint density at radius 2 is 1.56 bits per heavy atom. The Morgan fingerprint density at radius 3 is 2.21 bits per heavy atom. The number of nitrogens with one attached hydrogen (secondary N) is 1. The van der Waals surface area contributed by atoms with E-state index < -0.39 is 6.04 Å². The Balaban J connectivity index is 1.96. The summed E-state index contributed by atoms with van der Waals surface area (Å²) in [5, 5.41) is 3.59. The molecule has 178 valence electrons.